The molecule has 0 aliphatic carbocycles. The van der Waals surface area contributed by atoms with E-state index < -0.39 is 0 Å². The summed E-state index contributed by atoms with van der Waals surface area (Å²) in [7, 11) is 0. The highest BCUT2D eigenvalue weighted by Gasteiger charge is 2.18. The van der Waals surface area contributed by atoms with Crippen LogP contribution in [0.2, 0.25) is 0 Å². The summed E-state index contributed by atoms with van der Waals surface area (Å²) in [5.74, 6) is 0.693. The molecule has 2 aromatic rings. The second-order valence-electron chi connectivity index (χ2n) is 4.76. The van der Waals surface area contributed by atoms with E-state index >= 15 is 0 Å². The third-order valence-electron chi connectivity index (χ3n) is 2.66. The largest absolute Gasteiger partial charge is 0.310 e. The zero-order valence-corrected chi connectivity index (χ0v) is 13.6. The molecule has 108 valence electrons. The molecule has 0 unspecified atom stereocenters. The van der Waals surface area contributed by atoms with Gasteiger partial charge in [-0.3, -0.25) is 4.79 Å². The first-order valence-electron chi connectivity index (χ1n) is 6.40. The zero-order valence-electron chi connectivity index (χ0n) is 12.0. The van der Waals surface area contributed by atoms with Crippen LogP contribution >= 0.6 is 23.1 Å². The predicted octanol–water partition coefficient (Wildman–Crippen LogP) is 3.35. The molecule has 0 aromatic carbocycles. The molecular weight excluding hydrogens is 292 g/mol. The van der Waals surface area contributed by atoms with Crippen molar-refractivity contribution < 1.29 is 4.79 Å². The maximum atomic E-state index is 12.2. The van der Waals surface area contributed by atoms with Crippen LogP contribution in [-0.4, -0.2) is 25.9 Å². The molecule has 0 spiro atoms. The van der Waals surface area contributed by atoms with Crippen LogP contribution in [0.5, 0.6) is 0 Å². The van der Waals surface area contributed by atoms with E-state index in [1.165, 1.54) is 11.8 Å². The Kier molecular flexibility index (Phi) is 4.82. The lowest BCUT2D eigenvalue weighted by Gasteiger charge is -2.14. The van der Waals surface area contributed by atoms with Crippen molar-refractivity contribution in [2.75, 3.05) is 5.32 Å². The molecule has 1 N–H and O–H groups in total. The Morgan fingerprint density at radius 1 is 1.45 bits per heavy atom. The highest BCUT2D eigenvalue weighted by molar-refractivity contribution is 8.02. The summed E-state index contributed by atoms with van der Waals surface area (Å²) >= 11 is 3.04. The smallest absolute Gasteiger partial charge is 0.238 e. The molecule has 0 aliphatic heterocycles. The van der Waals surface area contributed by atoms with Crippen LogP contribution in [0.15, 0.2) is 22.0 Å². The second-order valence-corrected chi connectivity index (χ2v) is 7.20. The Morgan fingerprint density at radius 2 is 2.20 bits per heavy atom. The fourth-order valence-corrected chi connectivity index (χ4v) is 3.63. The maximum Gasteiger partial charge on any atom is 0.238 e. The van der Waals surface area contributed by atoms with Crippen LogP contribution in [0.3, 0.4) is 0 Å². The number of aromatic nitrogens is 3. The topological polar surface area (TPSA) is 59.8 Å². The highest BCUT2D eigenvalue weighted by Crippen LogP contribution is 2.27. The predicted molar refractivity (Wildman–Crippen MR) is 83.4 cm³/mol. The van der Waals surface area contributed by atoms with E-state index in [0.29, 0.717) is 0 Å². The number of hydrogen-bond donors (Lipinski definition) is 1. The molecule has 0 aliphatic rings. The number of amides is 1. The lowest BCUT2D eigenvalue weighted by molar-refractivity contribution is -0.115. The number of anilines is 1. The van der Waals surface area contributed by atoms with Gasteiger partial charge in [0.25, 0.3) is 0 Å². The summed E-state index contributed by atoms with van der Waals surface area (Å²) < 4.78 is 2.71. The van der Waals surface area contributed by atoms with E-state index in [2.05, 4.69) is 15.4 Å². The number of nitrogens with one attached hydrogen (secondary N) is 1. The highest BCUT2D eigenvalue weighted by atomic mass is 32.2. The van der Waals surface area contributed by atoms with Crippen molar-refractivity contribution in [3.63, 3.8) is 0 Å². The van der Waals surface area contributed by atoms with Crippen LogP contribution in [0, 0.1) is 6.92 Å². The molecule has 0 saturated heterocycles. The average molecular weight is 310 g/mol. The van der Waals surface area contributed by atoms with Crippen LogP contribution in [0.4, 0.5) is 5.82 Å². The van der Waals surface area contributed by atoms with Gasteiger partial charge < -0.3 is 5.32 Å². The van der Waals surface area contributed by atoms with Gasteiger partial charge >= 0.3 is 0 Å². The van der Waals surface area contributed by atoms with Gasteiger partial charge in [-0.15, -0.1) is 11.3 Å². The molecule has 0 radical (unpaired) electrons. The fourth-order valence-electron chi connectivity index (χ4n) is 1.64. The minimum absolute atomic E-state index is 0.0368. The van der Waals surface area contributed by atoms with Gasteiger partial charge in [-0.1, -0.05) is 11.8 Å². The molecule has 0 bridgehead atoms. The lowest BCUT2D eigenvalue weighted by Crippen LogP contribution is -2.24. The molecule has 2 heterocycles. The number of aryl methyl sites for hydroxylation is 1. The molecule has 0 saturated carbocycles. The molecule has 2 rings (SSSR count). The first-order valence-corrected chi connectivity index (χ1v) is 8.16. The van der Waals surface area contributed by atoms with Gasteiger partial charge in [0.15, 0.2) is 4.34 Å². The van der Waals surface area contributed by atoms with E-state index in [9.17, 15) is 4.79 Å². The number of thiazole rings is 1. The van der Waals surface area contributed by atoms with E-state index in [4.69, 9.17) is 0 Å². The number of hydrogen-bond acceptors (Lipinski definition) is 5. The molecule has 20 heavy (non-hydrogen) atoms. The van der Waals surface area contributed by atoms with Gasteiger partial charge in [0.1, 0.15) is 5.82 Å². The third kappa shape index (κ3) is 3.61. The summed E-state index contributed by atoms with van der Waals surface area (Å²) in [5.41, 5.74) is 0.989. The summed E-state index contributed by atoms with van der Waals surface area (Å²) in [6, 6.07) is 2.02. The van der Waals surface area contributed by atoms with E-state index in [1.54, 1.807) is 22.2 Å². The fraction of sp³-hybridized carbons (Fsp3) is 0.462. The van der Waals surface area contributed by atoms with Gasteiger partial charge in [0, 0.05) is 23.2 Å². The number of rotatable bonds is 5. The summed E-state index contributed by atoms with van der Waals surface area (Å²) in [6.07, 6.45) is 1.69. The van der Waals surface area contributed by atoms with Crippen molar-refractivity contribution >= 4 is 34.8 Å². The van der Waals surface area contributed by atoms with Crippen molar-refractivity contribution in [3.05, 3.63) is 23.3 Å². The van der Waals surface area contributed by atoms with Gasteiger partial charge in [0.05, 0.1) is 11.4 Å². The first kappa shape index (κ1) is 15.1. The van der Waals surface area contributed by atoms with Crippen molar-refractivity contribution in [1.82, 2.24) is 14.8 Å². The van der Waals surface area contributed by atoms with E-state index in [1.807, 2.05) is 39.1 Å². The SMILES string of the molecule is Cc1csc(S[C@H](C)C(=O)Nc2ccnn2C(C)C)n1. The Hall–Kier alpha value is -1.34. The third-order valence-corrected chi connectivity index (χ3v) is 4.85. The molecule has 1 atom stereocenters. The Labute approximate surface area is 126 Å². The van der Waals surface area contributed by atoms with Crippen LogP contribution in [-0.2, 0) is 4.79 Å². The normalized spacial score (nSPS) is 12.7. The minimum Gasteiger partial charge on any atom is -0.310 e. The number of nitrogens with zero attached hydrogens (tertiary/aromatic N) is 3. The van der Waals surface area contributed by atoms with Gasteiger partial charge in [-0.25, -0.2) is 9.67 Å². The summed E-state index contributed by atoms with van der Waals surface area (Å²) in [4.78, 5) is 16.6. The molecule has 0 fully saturated rings. The Balaban J connectivity index is 1.99. The van der Waals surface area contributed by atoms with E-state index in [-0.39, 0.29) is 17.2 Å². The standard InChI is InChI=1S/C13H18N4OS2/c1-8(2)17-11(5-6-14-17)16-12(18)10(4)20-13-15-9(3)7-19-13/h5-8,10H,1-4H3,(H,16,18)/t10-/m1/s1. The quantitative estimate of drug-likeness (QED) is 0.860. The van der Waals surface area contributed by atoms with E-state index in [0.717, 1.165) is 15.9 Å². The Morgan fingerprint density at radius 3 is 2.80 bits per heavy atom. The number of carbonyl (C=O) groups excluding carboxylic acids is 1. The average Bonchev–Trinajstić information content (AvgIpc) is 2.98. The summed E-state index contributed by atoms with van der Waals surface area (Å²) in [5, 5.41) is 8.91. The Bertz CT molecular complexity index is 591. The maximum absolute atomic E-state index is 12.2. The first-order chi connectivity index (χ1) is 9.47. The van der Waals surface area contributed by atoms with Gasteiger partial charge in [0.2, 0.25) is 5.91 Å². The minimum atomic E-state index is -0.198. The van der Waals surface area contributed by atoms with Gasteiger partial charge in [-0.2, -0.15) is 5.10 Å². The van der Waals surface area contributed by atoms with Gasteiger partial charge in [-0.05, 0) is 27.7 Å². The van der Waals surface area contributed by atoms with Crippen LogP contribution in [0.25, 0.3) is 0 Å². The van der Waals surface area contributed by atoms with Crippen LogP contribution in [0.1, 0.15) is 32.5 Å². The molecule has 7 heteroatoms. The molecule has 5 nitrogen and oxygen atoms in total. The molecule has 1 amide bonds. The van der Waals surface area contributed by atoms with Crippen molar-refractivity contribution in [2.24, 2.45) is 0 Å². The lowest BCUT2D eigenvalue weighted by atomic mass is 10.4. The number of carbonyl (C=O) groups is 1. The molecule has 2 aromatic heterocycles. The van der Waals surface area contributed by atoms with Crippen molar-refractivity contribution in [1.29, 1.82) is 0 Å². The zero-order chi connectivity index (χ0) is 14.7. The van der Waals surface area contributed by atoms with Crippen molar-refractivity contribution in [2.45, 2.75) is 43.3 Å². The number of thioether (sulfide) groups is 1. The second kappa shape index (κ2) is 6.41. The van der Waals surface area contributed by atoms with Crippen LogP contribution < -0.4 is 5.32 Å². The summed E-state index contributed by atoms with van der Waals surface area (Å²) in [6.45, 7) is 7.89. The monoisotopic (exact) mass is 310 g/mol. The van der Waals surface area contributed by atoms with Crippen molar-refractivity contribution in [3.8, 4) is 0 Å². The molecular formula is C13H18N4OS2.